The van der Waals surface area contributed by atoms with Crippen LogP contribution in [0, 0.1) is 5.92 Å². The summed E-state index contributed by atoms with van der Waals surface area (Å²) in [6.45, 7) is 11.6. The van der Waals surface area contributed by atoms with Crippen molar-refractivity contribution in [2.24, 2.45) is 5.92 Å². The molecule has 3 amide bonds. The minimum atomic E-state index is -0.653. The SMILES string of the molecule is CC(C)c1ccc(CN2CCN(CN3C(=O)N[C@]4(CCCC[C@H]4C)C3=O)CC2)cc1. The number of hydrogen-bond donors (Lipinski definition) is 1. The minimum absolute atomic E-state index is 0.00706. The van der Waals surface area contributed by atoms with Crippen molar-refractivity contribution >= 4 is 11.9 Å². The molecule has 30 heavy (non-hydrogen) atoms. The van der Waals surface area contributed by atoms with Crippen molar-refractivity contribution in [3.8, 4) is 0 Å². The molecule has 2 heterocycles. The molecule has 2 saturated heterocycles. The van der Waals surface area contributed by atoms with Crippen LogP contribution in [0.15, 0.2) is 24.3 Å². The molecular formula is C24H36N4O2. The molecule has 3 fully saturated rings. The Morgan fingerprint density at radius 3 is 2.33 bits per heavy atom. The van der Waals surface area contributed by atoms with Gasteiger partial charge in [0.25, 0.3) is 5.91 Å². The van der Waals surface area contributed by atoms with Gasteiger partial charge < -0.3 is 5.32 Å². The maximum atomic E-state index is 13.2. The van der Waals surface area contributed by atoms with Crippen LogP contribution in [0.1, 0.15) is 63.5 Å². The molecule has 0 bridgehead atoms. The fraction of sp³-hybridized carbons (Fsp3) is 0.667. The zero-order valence-electron chi connectivity index (χ0n) is 18.7. The van der Waals surface area contributed by atoms with Crippen LogP contribution in [-0.2, 0) is 11.3 Å². The Labute approximate surface area is 180 Å². The van der Waals surface area contributed by atoms with Crippen LogP contribution >= 0.6 is 0 Å². The van der Waals surface area contributed by atoms with Gasteiger partial charge in [-0.2, -0.15) is 0 Å². The molecule has 1 N–H and O–H groups in total. The van der Waals surface area contributed by atoms with Gasteiger partial charge in [-0.1, -0.05) is 57.9 Å². The Morgan fingerprint density at radius 1 is 1.03 bits per heavy atom. The first-order valence-corrected chi connectivity index (χ1v) is 11.6. The van der Waals surface area contributed by atoms with Gasteiger partial charge in [-0.05, 0) is 35.8 Å². The quantitative estimate of drug-likeness (QED) is 0.754. The Hall–Kier alpha value is -1.92. The number of urea groups is 1. The topological polar surface area (TPSA) is 55.9 Å². The molecule has 6 heteroatoms. The zero-order valence-corrected chi connectivity index (χ0v) is 18.7. The van der Waals surface area contributed by atoms with Gasteiger partial charge in [-0.25, -0.2) is 9.69 Å². The number of amides is 3. The molecule has 0 radical (unpaired) electrons. The van der Waals surface area contributed by atoms with E-state index in [1.807, 2.05) is 0 Å². The Balaban J connectivity index is 1.29. The lowest BCUT2D eigenvalue weighted by Crippen LogP contribution is -2.55. The lowest BCUT2D eigenvalue weighted by Gasteiger charge is -2.38. The highest BCUT2D eigenvalue weighted by molar-refractivity contribution is 6.07. The fourth-order valence-corrected chi connectivity index (χ4v) is 5.18. The molecular weight excluding hydrogens is 376 g/mol. The van der Waals surface area contributed by atoms with Crippen molar-refractivity contribution in [2.75, 3.05) is 32.8 Å². The summed E-state index contributed by atoms with van der Waals surface area (Å²) in [5, 5.41) is 3.06. The summed E-state index contributed by atoms with van der Waals surface area (Å²) in [6.07, 6.45) is 3.95. The van der Waals surface area contributed by atoms with Crippen LogP contribution in [0.4, 0.5) is 4.79 Å². The molecule has 164 valence electrons. The first-order chi connectivity index (χ1) is 14.4. The van der Waals surface area contributed by atoms with Gasteiger partial charge >= 0.3 is 6.03 Å². The predicted molar refractivity (Wildman–Crippen MR) is 118 cm³/mol. The van der Waals surface area contributed by atoms with Gasteiger partial charge in [0, 0.05) is 32.7 Å². The van der Waals surface area contributed by atoms with Gasteiger partial charge in [0.05, 0.1) is 6.67 Å². The van der Waals surface area contributed by atoms with Crippen LogP contribution in [-0.4, -0.2) is 65.0 Å². The number of benzene rings is 1. The minimum Gasteiger partial charge on any atom is -0.323 e. The average molecular weight is 413 g/mol. The number of rotatable bonds is 5. The summed E-state index contributed by atoms with van der Waals surface area (Å²) in [7, 11) is 0. The molecule has 4 rings (SSSR count). The monoisotopic (exact) mass is 412 g/mol. The summed E-state index contributed by atoms with van der Waals surface area (Å²) < 4.78 is 0. The maximum Gasteiger partial charge on any atom is 0.326 e. The molecule has 0 unspecified atom stereocenters. The van der Waals surface area contributed by atoms with Gasteiger partial charge in [0.2, 0.25) is 0 Å². The molecule has 0 aromatic heterocycles. The fourth-order valence-electron chi connectivity index (χ4n) is 5.18. The van der Waals surface area contributed by atoms with Crippen molar-refractivity contribution in [3.63, 3.8) is 0 Å². The number of piperazine rings is 1. The standard InChI is InChI=1S/C24H36N4O2/c1-18(2)21-9-7-20(8-10-21)16-26-12-14-27(15-13-26)17-28-22(29)24(25-23(28)30)11-5-4-6-19(24)3/h7-10,18-19H,4-6,11-17H2,1-3H3,(H,25,30)/t19-,24+/m1/s1. The lowest BCUT2D eigenvalue weighted by atomic mass is 9.73. The van der Waals surface area contributed by atoms with E-state index in [0.29, 0.717) is 12.6 Å². The second-order valence-electron chi connectivity index (χ2n) is 9.71. The Bertz CT molecular complexity index is 770. The summed E-state index contributed by atoms with van der Waals surface area (Å²) >= 11 is 0. The number of carbonyl (C=O) groups excluding carboxylic acids is 2. The summed E-state index contributed by atoms with van der Waals surface area (Å²) in [5.41, 5.74) is 2.07. The van der Waals surface area contributed by atoms with Crippen molar-refractivity contribution < 1.29 is 9.59 Å². The van der Waals surface area contributed by atoms with Crippen LogP contribution < -0.4 is 5.32 Å². The molecule has 1 aliphatic carbocycles. The number of imide groups is 1. The van der Waals surface area contributed by atoms with Crippen LogP contribution in [0.2, 0.25) is 0 Å². The van der Waals surface area contributed by atoms with E-state index in [2.05, 4.69) is 60.2 Å². The Morgan fingerprint density at radius 2 is 1.70 bits per heavy atom. The second kappa shape index (κ2) is 8.67. The molecule has 1 spiro atoms. The largest absolute Gasteiger partial charge is 0.326 e. The van der Waals surface area contributed by atoms with E-state index in [4.69, 9.17) is 0 Å². The molecule has 1 aromatic carbocycles. The third kappa shape index (κ3) is 4.12. The zero-order chi connectivity index (χ0) is 21.3. The maximum absolute atomic E-state index is 13.2. The number of nitrogens with zero attached hydrogens (tertiary/aromatic N) is 3. The first-order valence-electron chi connectivity index (χ1n) is 11.6. The van der Waals surface area contributed by atoms with Gasteiger partial charge in [-0.15, -0.1) is 0 Å². The first kappa shape index (κ1) is 21.3. The van der Waals surface area contributed by atoms with E-state index in [1.165, 1.54) is 16.0 Å². The second-order valence-corrected chi connectivity index (χ2v) is 9.71. The van der Waals surface area contributed by atoms with Crippen LogP contribution in [0.3, 0.4) is 0 Å². The third-order valence-electron chi connectivity index (χ3n) is 7.36. The summed E-state index contributed by atoms with van der Waals surface area (Å²) in [6, 6.07) is 8.73. The Kier molecular flexibility index (Phi) is 6.16. The summed E-state index contributed by atoms with van der Waals surface area (Å²) in [4.78, 5) is 31.9. The highest BCUT2D eigenvalue weighted by atomic mass is 16.2. The van der Waals surface area contributed by atoms with Crippen molar-refractivity contribution in [1.29, 1.82) is 0 Å². The normalized spacial score (nSPS) is 28.5. The number of carbonyl (C=O) groups is 2. The van der Waals surface area contributed by atoms with E-state index in [0.717, 1.165) is 58.4 Å². The van der Waals surface area contributed by atoms with Crippen molar-refractivity contribution in [1.82, 2.24) is 20.0 Å². The molecule has 2 aliphatic heterocycles. The molecule has 1 aromatic rings. The average Bonchev–Trinajstić information content (AvgIpc) is 2.97. The third-order valence-corrected chi connectivity index (χ3v) is 7.36. The van der Waals surface area contributed by atoms with Crippen molar-refractivity contribution in [3.05, 3.63) is 35.4 Å². The molecule has 6 nitrogen and oxygen atoms in total. The molecule has 3 aliphatic rings. The van der Waals surface area contributed by atoms with Gasteiger partial charge in [0.15, 0.2) is 0 Å². The van der Waals surface area contributed by atoms with E-state index in [9.17, 15) is 9.59 Å². The van der Waals surface area contributed by atoms with Gasteiger partial charge in [-0.3, -0.25) is 14.6 Å². The highest BCUT2D eigenvalue weighted by Crippen LogP contribution is 2.38. The van der Waals surface area contributed by atoms with Crippen molar-refractivity contribution in [2.45, 2.75) is 64.5 Å². The highest BCUT2D eigenvalue weighted by Gasteiger charge is 2.55. The van der Waals surface area contributed by atoms with E-state index < -0.39 is 5.54 Å². The lowest BCUT2D eigenvalue weighted by molar-refractivity contribution is -0.136. The van der Waals surface area contributed by atoms with E-state index in [1.54, 1.807) is 0 Å². The molecule has 1 saturated carbocycles. The number of nitrogens with one attached hydrogen (secondary N) is 1. The van der Waals surface area contributed by atoms with E-state index >= 15 is 0 Å². The summed E-state index contributed by atoms with van der Waals surface area (Å²) in [5.74, 6) is 0.767. The molecule has 2 atom stereocenters. The number of hydrogen-bond acceptors (Lipinski definition) is 4. The van der Waals surface area contributed by atoms with Crippen LogP contribution in [0.25, 0.3) is 0 Å². The predicted octanol–water partition coefficient (Wildman–Crippen LogP) is 3.39. The smallest absolute Gasteiger partial charge is 0.323 e. The van der Waals surface area contributed by atoms with Gasteiger partial charge in [0.1, 0.15) is 5.54 Å². The van der Waals surface area contributed by atoms with Crippen LogP contribution in [0.5, 0.6) is 0 Å². The van der Waals surface area contributed by atoms with E-state index in [-0.39, 0.29) is 17.9 Å².